The van der Waals surface area contributed by atoms with E-state index in [0.29, 0.717) is 41.6 Å². The van der Waals surface area contributed by atoms with Gasteiger partial charge in [-0.05, 0) is 25.1 Å². The van der Waals surface area contributed by atoms with Crippen molar-refractivity contribution in [2.24, 2.45) is 18.4 Å². The van der Waals surface area contributed by atoms with Crippen molar-refractivity contribution in [3.63, 3.8) is 0 Å². The van der Waals surface area contributed by atoms with E-state index >= 15 is 0 Å². The van der Waals surface area contributed by atoms with Crippen LogP contribution >= 0.6 is 11.3 Å². The SMILES string of the molecule is CC(=O)c1ccc(C(=O)N2C[C@H]3CN(C(=O)c4ccnn4C)C[C@@]3(CO)C2)s1. The third-order valence-corrected chi connectivity index (χ3v) is 7.03. The standard InChI is InChI=1S/C19H22N4O4S/c1-12(25)15-3-4-16(28-15)18(27)23-8-13-7-22(9-19(13,10-23)11-24)17(26)14-5-6-20-21(14)2/h3-6,13,24H,7-11H2,1-2H3/t13-,19+/m1/s1. The summed E-state index contributed by atoms with van der Waals surface area (Å²) in [6.45, 7) is 3.19. The zero-order valence-electron chi connectivity index (χ0n) is 15.8. The zero-order chi connectivity index (χ0) is 20.1. The second-order valence-corrected chi connectivity index (χ2v) is 8.73. The van der Waals surface area contributed by atoms with Gasteiger partial charge in [0.2, 0.25) is 0 Å². The second kappa shape index (κ2) is 6.82. The van der Waals surface area contributed by atoms with Crippen molar-refractivity contribution in [1.82, 2.24) is 19.6 Å². The Morgan fingerprint density at radius 3 is 2.29 bits per heavy atom. The van der Waals surface area contributed by atoms with Gasteiger partial charge >= 0.3 is 0 Å². The molecule has 1 N–H and O–H groups in total. The van der Waals surface area contributed by atoms with Crippen LogP contribution in [0.4, 0.5) is 0 Å². The highest BCUT2D eigenvalue weighted by Gasteiger charge is 2.54. The summed E-state index contributed by atoms with van der Waals surface area (Å²) in [5.74, 6) is -0.266. The number of carbonyl (C=O) groups is 3. The maximum atomic E-state index is 12.9. The topological polar surface area (TPSA) is 95.7 Å². The van der Waals surface area contributed by atoms with Crippen LogP contribution in [-0.2, 0) is 7.05 Å². The molecule has 2 fully saturated rings. The van der Waals surface area contributed by atoms with Crippen LogP contribution < -0.4 is 0 Å². The molecule has 2 atom stereocenters. The number of amides is 2. The number of ketones is 1. The van der Waals surface area contributed by atoms with Crippen molar-refractivity contribution in [1.29, 1.82) is 0 Å². The molecule has 2 saturated heterocycles. The lowest BCUT2D eigenvalue weighted by Gasteiger charge is -2.27. The van der Waals surface area contributed by atoms with Gasteiger partial charge in [-0.1, -0.05) is 0 Å². The van der Waals surface area contributed by atoms with Crippen LogP contribution in [0.25, 0.3) is 0 Å². The molecule has 2 aliphatic heterocycles. The molecule has 0 spiro atoms. The summed E-state index contributed by atoms with van der Waals surface area (Å²) in [6, 6.07) is 5.04. The van der Waals surface area contributed by atoms with Crippen molar-refractivity contribution in [3.8, 4) is 0 Å². The van der Waals surface area contributed by atoms with Crippen LogP contribution in [0.5, 0.6) is 0 Å². The van der Waals surface area contributed by atoms with E-state index in [9.17, 15) is 19.5 Å². The van der Waals surface area contributed by atoms with E-state index in [1.807, 2.05) is 0 Å². The van der Waals surface area contributed by atoms with Crippen molar-refractivity contribution in [2.45, 2.75) is 6.92 Å². The summed E-state index contributed by atoms with van der Waals surface area (Å²) in [5.41, 5.74) is 0.00116. The Morgan fingerprint density at radius 2 is 1.79 bits per heavy atom. The number of aryl methyl sites for hydroxylation is 1. The van der Waals surface area contributed by atoms with Gasteiger partial charge in [0.05, 0.1) is 16.4 Å². The Hall–Kier alpha value is -2.52. The summed E-state index contributed by atoms with van der Waals surface area (Å²) >= 11 is 1.20. The number of carbonyl (C=O) groups excluding carboxylic acids is 3. The summed E-state index contributed by atoms with van der Waals surface area (Å²) < 4.78 is 1.54. The van der Waals surface area contributed by atoms with Crippen LogP contribution in [0, 0.1) is 11.3 Å². The van der Waals surface area contributed by atoms with Gasteiger partial charge in [0, 0.05) is 50.8 Å². The Balaban J connectivity index is 1.49. The molecule has 2 amide bonds. The van der Waals surface area contributed by atoms with Crippen LogP contribution in [0.1, 0.15) is 36.8 Å². The molecule has 4 heterocycles. The van der Waals surface area contributed by atoms with Gasteiger partial charge in [-0.15, -0.1) is 11.3 Å². The Morgan fingerprint density at radius 1 is 1.14 bits per heavy atom. The molecule has 148 valence electrons. The number of fused-ring (bicyclic) bond motifs is 1. The van der Waals surface area contributed by atoms with E-state index in [2.05, 4.69) is 5.10 Å². The van der Waals surface area contributed by atoms with Crippen molar-refractivity contribution in [2.75, 3.05) is 32.8 Å². The fourth-order valence-corrected chi connectivity index (χ4v) is 5.13. The molecule has 0 unspecified atom stereocenters. The second-order valence-electron chi connectivity index (χ2n) is 7.65. The highest BCUT2D eigenvalue weighted by atomic mass is 32.1. The quantitative estimate of drug-likeness (QED) is 0.767. The minimum absolute atomic E-state index is 0.0193. The summed E-state index contributed by atoms with van der Waals surface area (Å²) in [6.07, 6.45) is 1.59. The molecule has 2 aliphatic rings. The first kappa shape index (κ1) is 18.8. The fraction of sp³-hybridized carbons (Fsp3) is 0.474. The van der Waals surface area contributed by atoms with Crippen molar-refractivity contribution < 1.29 is 19.5 Å². The average molecular weight is 402 g/mol. The number of aliphatic hydroxyl groups excluding tert-OH is 1. The molecular formula is C19H22N4O4S. The minimum atomic E-state index is -0.509. The Bertz CT molecular complexity index is 951. The van der Waals surface area contributed by atoms with Gasteiger partial charge in [0.25, 0.3) is 11.8 Å². The van der Waals surface area contributed by atoms with Crippen molar-refractivity contribution >= 4 is 28.9 Å². The molecule has 0 bridgehead atoms. The lowest BCUT2D eigenvalue weighted by Crippen LogP contribution is -2.40. The number of aliphatic hydroxyl groups is 1. The van der Waals surface area contributed by atoms with E-state index in [-0.39, 0.29) is 30.1 Å². The van der Waals surface area contributed by atoms with E-state index in [1.54, 1.807) is 45.9 Å². The highest BCUT2D eigenvalue weighted by molar-refractivity contribution is 7.15. The van der Waals surface area contributed by atoms with Crippen LogP contribution in [-0.4, -0.2) is 75.1 Å². The number of likely N-dealkylation sites (tertiary alicyclic amines) is 2. The molecule has 0 aliphatic carbocycles. The first-order valence-electron chi connectivity index (χ1n) is 9.13. The largest absolute Gasteiger partial charge is 0.396 e. The monoisotopic (exact) mass is 402 g/mol. The number of Topliss-reactive ketones (excluding diaryl/α,β-unsaturated/α-hetero) is 1. The summed E-state index contributed by atoms with van der Waals surface area (Å²) in [7, 11) is 1.72. The highest BCUT2D eigenvalue weighted by Crippen LogP contribution is 2.43. The van der Waals surface area contributed by atoms with Gasteiger partial charge in [-0.3, -0.25) is 19.1 Å². The molecule has 2 aromatic heterocycles. The molecule has 0 radical (unpaired) electrons. The van der Waals surface area contributed by atoms with E-state index in [1.165, 1.54) is 18.3 Å². The number of rotatable bonds is 4. The average Bonchev–Trinajstić information content (AvgIpc) is 3.42. The fourth-order valence-electron chi connectivity index (χ4n) is 4.26. The predicted octanol–water partition coefficient (Wildman–Crippen LogP) is 0.891. The van der Waals surface area contributed by atoms with Crippen LogP contribution in [0.2, 0.25) is 0 Å². The number of hydrogen-bond acceptors (Lipinski definition) is 6. The molecule has 0 saturated carbocycles. The molecule has 2 aromatic rings. The number of nitrogens with zero attached hydrogens (tertiary/aromatic N) is 4. The zero-order valence-corrected chi connectivity index (χ0v) is 16.6. The first-order chi connectivity index (χ1) is 13.3. The van der Waals surface area contributed by atoms with Crippen LogP contribution in [0.15, 0.2) is 24.4 Å². The smallest absolute Gasteiger partial charge is 0.272 e. The van der Waals surface area contributed by atoms with Gasteiger partial charge in [-0.2, -0.15) is 5.10 Å². The van der Waals surface area contributed by atoms with Crippen molar-refractivity contribution in [3.05, 3.63) is 39.8 Å². The van der Waals surface area contributed by atoms with Gasteiger partial charge in [0.1, 0.15) is 5.69 Å². The molecule has 0 aromatic carbocycles. The van der Waals surface area contributed by atoms with E-state index in [4.69, 9.17) is 0 Å². The van der Waals surface area contributed by atoms with Crippen LogP contribution in [0.3, 0.4) is 0 Å². The molecule has 4 rings (SSSR count). The van der Waals surface area contributed by atoms with E-state index in [0.717, 1.165) is 0 Å². The molecular weight excluding hydrogens is 380 g/mol. The van der Waals surface area contributed by atoms with Gasteiger partial charge in [0.15, 0.2) is 5.78 Å². The minimum Gasteiger partial charge on any atom is -0.396 e. The number of thiophene rings is 1. The Labute approximate surface area is 166 Å². The number of aromatic nitrogens is 2. The molecule has 28 heavy (non-hydrogen) atoms. The summed E-state index contributed by atoms with van der Waals surface area (Å²) in [4.78, 5) is 41.7. The normalized spacial score (nSPS) is 23.9. The lowest BCUT2D eigenvalue weighted by atomic mass is 9.82. The third kappa shape index (κ3) is 2.94. The van der Waals surface area contributed by atoms with Gasteiger partial charge in [-0.25, -0.2) is 0 Å². The first-order valence-corrected chi connectivity index (χ1v) is 9.94. The maximum absolute atomic E-state index is 12.9. The number of hydrogen-bond donors (Lipinski definition) is 1. The third-order valence-electron chi connectivity index (χ3n) is 5.85. The Kier molecular flexibility index (Phi) is 4.59. The molecule has 8 nitrogen and oxygen atoms in total. The maximum Gasteiger partial charge on any atom is 0.272 e. The predicted molar refractivity (Wildman–Crippen MR) is 102 cm³/mol. The van der Waals surface area contributed by atoms with Gasteiger partial charge < -0.3 is 14.9 Å². The summed E-state index contributed by atoms with van der Waals surface area (Å²) in [5, 5.41) is 14.2. The lowest BCUT2D eigenvalue weighted by molar-refractivity contribution is 0.0663. The molecule has 9 heteroatoms. The van der Waals surface area contributed by atoms with E-state index < -0.39 is 5.41 Å².